The maximum absolute atomic E-state index is 11.4. The Morgan fingerprint density at radius 2 is 1.78 bits per heavy atom. The number of nitrogens with zero attached hydrogens (tertiary/aromatic N) is 2. The molecule has 1 aliphatic heterocycles. The van der Waals surface area contributed by atoms with Crippen LogP contribution in [-0.2, 0) is 9.63 Å². The standard InChI is InChI=1S/C26H35N3O3/c1-18(30)27-23-9-11-24(12-10-23)29-14-4-5-22(17-29)26(28-32-3)21-7-6-20-16-25(31-2)13-8-19(20)15-21/h6-8,13,15-16,22-24H,4-5,9-12,14,17H2,1-3H3,(H,27,30)/b28-26-. The summed E-state index contributed by atoms with van der Waals surface area (Å²) in [5.41, 5.74) is 2.17. The molecule has 2 aromatic carbocycles. The van der Waals surface area contributed by atoms with E-state index >= 15 is 0 Å². The number of ether oxygens (including phenoxy) is 1. The summed E-state index contributed by atoms with van der Waals surface area (Å²) in [7, 11) is 3.33. The zero-order valence-corrected chi connectivity index (χ0v) is 19.5. The number of hydrogen-bond acceptors (Lipinski definition) is 5. The highest BCUT2D eigenvalue weighted by Crippen LogP contribution is 2.30. The molecule has 32 heavy (non-hydrogen) atoms. The van der Waals surface area contributed by atoms with Gasteiger partial charge in [-0.1, -0.05) is 23.4 Å². The van der Waals surface area contributed by atoms with Gasteiger partial charge in [-0.3, -0.25) is 9.69 Å². The van der Waals surface area contributed by atoms with Crippen LogP contribution in [0.2, 0.25) is 0 Å². The lowest BCUT2D eigenvalue weighted by Gasteiger charge is -2.41. The van der Waals surface area contributed by atoms with E-state index in [-0.39, 0.29) is 5.91 Å². The molecule has 1 unspecified atom stereocenters. The smallest absolute Gasteiger partial charge is 0.217 e. The Morgan fingerprint density at radius 1 is 1.03 bits per heavy atom. The van der Waals surface area contributed by atoms with E-state index in [1.807, 2.05) is 6.07 Å². The molecule has 0 aromatic heterocycles. The van der Waals surface area contributed by atoms with Crippen molar-refractivity contribution in [3.8, 4) is 5.75 Å². The summed E-state index contributed by atoms with van der Waals surface area (Å²) in [6.45, 7) is 3.77. The summed E-state index contributed by atoms with van der Waals surface area (Å²) >= 11 is 0. The number of rotatable bonds is 6. The van der Waals surface area contributed by atoms with Gasteiger partial charge in [0.2, 0.25) is 5.91 Å². The Kier molecular flexibility index (Phi) is 7.30. The van der Waals surface area contributed by atoms with Gasteiger partial charge in [-0.25, -0.2) is 0 Å². The van der Waals surface area contributed by atoms with Crippen molar-refractivity contribution in [3.63, 3.8) is 0 Å². The van der Waals surface area contributed by atoms with Gasteiger partial charge in [-0.15, -0.1) is 0 Å². The Labute approximate surface area is 190 Å². The Bertz CT molecular complexity index is 966. The van der Waals surface area contributed by atoms with Gasteiger partial charge >= 0.3 is 0 Å². The summed E-state index contributed by atoms with van der Waals surface area (Å²) in [6.07, 6.45) is 6.72. The molecule has 0 radical (unpaired) electrons. The lowest BCUT2D eigenvalue weighted by atomic mass is 9.85. The fourth-order valence-corrected chi connectivity index (χ4v) is 5.41. The van der Waals surface area contributed by atoms with Gasteiger partial charge in [0.15, 0.2) is 0 Å². The number of oxime groups is 1. The fourth-order valence-electron chi connectivity index (χ4n) is 5.41. The first kappa shape index (κ1) is 22.6. The van der Waals surface area contributed by atoms with E-state index in [2.05, 4.69) is 45.7 Å². The Morgan fingerprint density at radius 3 is 2.50 bits per heavy atom. The monoisotopic (exact) mass is 437 g/mol. The number of likely N-dealkylation sites (tertiary alicyclic amines) is 1. The van der Waals surface area contributed by atoms with Crippen molar-refractivity contribution in [3.05, 3.63) is 42.0 Å². The van der Waals surface area contributed by atoms with E-state index in [0.717, 1.165) is 67.6 Å². The van der Waals surface area contributed by atoms with Gasteiger partial charge in [-0.05, 0) is 74.0 Å². The molecular weight excluding hydrogens is 402 g/mol. The third-order valence-corrected chi connectivity index (χ3v) is 6.99. The highest BCUT2D eigenvalue weighted by Gasteiger charge is 2.32. The molecule has 1 atom stereocenters. The Balaban J connectivity index is 1.47. The van der Waals surface area contributed by atoms with E-state index in [9.17, 15) is 4.79 Å². The summed E-state index contributed by atoms with van der Waals surface area (Å²) < 4.78 is 5.36. The van der Waals surface area contributed by atoms with Crippen molar-refractivity contribution in [1.29, 1.82) is 0 Å². The van der Waals surface area contributed by atoms with Crippen LogP contribution in [0.4, 0.5) is 0 Å². The van der Waals surface area contributed by atoms with Crippen LogP contribution in [-0.4, -0.2) is 55.9 Å². The number of methoxy groups -OCH3 is 1. The largest absolute Gasteiger partial charge is 0.497 e. The maximum atomic E-state index is 11.4. The van der Waals surface area contributed by atoms with Gasteiger partial charge in [0.25, 0.3) is 0 Å². The number of hydrogen-bond donors (Lipinski definition) is 1. The van der Waals surface area contributed by atoms with Crippen molar-refractivity contribution in [2.45, 2.75) is 57.5 Å². The third kappa shape index (κ3) is 5.23. The second kappa shape index (κ2) is 10.3. The molecule has 0 spiro atoms. The molecule has 2 aromatic rings. The predicted molar refractivity (Wildman–Crippen MR) is 128 cm³/mol. The summed E-state index contributed by atoms with van der Waals surface area (Å²) in [5, 5.41) is 9.93. The molecule has 2 fully saturated rings. The number of benzene rings is 2. The molecule has 1 amide bonds. The number of carbonyl (C=O) groups excluding carboxylic acids is 1. The number of fused-ring (bicyclic) bond motifs is 1. The molecule has 6 heteroatoms. The average molecular weight is 438 g/mol. The summed E-state index contributed by atoms with van der Waals surface area (Å²) in [4.78, 5) is 19.3. The Hall–Kier alpha value is -2.60. The number of amides is 1. The number of piperidine rings is 1. The molecule has 1 heterocycles. The van der Waals surface area contributed by atoms with Crippen LogP contribution in [0.5, 0.6) is 5.75 Å². The lowest BCUT2D eigenvalue weighted by molar-refractivity contribution is -0.119. The molecule has 172 valence electrons. The highest BCUT2D eigenvalue weighted by molar-refractivity contribution is 6.04. The minimum Gasteiger partial charge on any atom is -0.497 e. The van der Waals surface area contributed by atoms with Gasteiger partial charge in [0.05, 0.1) is 12.8 Å². The second-order valence-corrected chi connectivity index (χ2v) is 9.13. The summed E-state index contributed by atoms with van der Waals surface area (Å²) in [5.74, 6) is 1.31. The molecule has 1 saturated heterocycles. The average Bonchev–Trinajstić information content (AvgIpc) is 2.82. The van der Waals surface area contributed by atoms with Gasteiger partial charge in [0, 0.05) is 37.0 Å². The fraction of sp³-hybridized carbons (Fsp3) is 0.538. The lowest BCUT2D eigenvalue weighted by Crippen LogP contribution is -2.48. The number of nitrogens with one attached hydrogen (secondary N) is 1. The summed E-state index contributed by atoms with van der Waals surface area (Å²) in [6, 6.07) is 13.6. The van der Waals surface area contributed by atoms with Crippen LogP contribution < -0.4 is 10.1 Å². The maximum Gasteiger partial charge on any atom is 0.217 e. The van der Waals surface area contributed by atoms with Crippen molar-refractivity contribution < 1.29 is 14.4 Å². The first-order valence-electron chi connectivity index (χ1n) is 11.8. The van der Waals surface area contributed by atoms with E-state index in [4.69, 9.17) is 9.57 Å². The topological polar surface area (TPSA) is 63.2 Å². The van der Waals surface area contributed by atoms with Crippen molar-refractivity contribution in [2.75, 3.05) is 27.3 Å². The molecule has 1 aliphatic carbocycles. The van der Waals surface area contributed by atoms with Crippen LogP contribution in [0, 0.1) is 5.92 Å². The zero-order chi connectivity index (χ0) is 22.5. The number of carbonyl (C=O) groups is 1. The third-order valence-electron chi connectivity index (χ3n) is 6.99. The van der Waals surface area contributed by atoms with Gasteiger partial charge in [-0.2, -0.15) is 0 Å². The van der Waals surface area contributed by atoms with Gasteiger partial charge < -0.3 is 14.9 Å². The van der Waals surface area contributed by atoms with Gasteiger partial charge in [0.1, 0.15) is 12.9 Å². The van der Waals surface area contributed by atoms with Crippen LogP contribution in [0.25, 0.3) is 10.8 Å². The minimum absolute atomic E-state index is 0.0840. The van der Waals surface area contributed by atoms with E-state index < -0.39 is 0 Å². The molecule has 6 nitrogen and oxygen atoms in total. The van der Waals surface area contributed by atoms with E-state index in [1.165, 1.54) is 11.8 Å². The van der Waals surface area contributed by atoms with E-state index in [1.54, 1.807) is 21.1 Å². The molecule has 4 rings (SSSR count). The molecular formula is C26H35N3O3. The van der Waals surface area contributed by atoms with Crippen molar-refractivity contribution in [1.82, 2.24) is 10.2 Å². The minimum atomic E-state index is 0.0840. The molecule has 1 saturated carbocycles. The van der Waals surface area contributed by atoms with Crippen molar-refractivity contribution in [2.24, 2.45) is 11.1 Å². The normalized spacial score (nSPS) is 24.8. The van der Waals surface area contributed by atoms with Crippen molar-refractivity contribution >= 4 is 22.4 Å². The highest BCUT2D eigenvalue weighted by atomic mass is 16.6. The second-order valence-electron chi connectivity index (χ2n) is 9.13. The first-order chi connectivity index (χ1) is 15.6. The van der Waals surface area contributed by atoms with Crippen LogP contribution in [0.3, 0.4) is 0 Å². The first-order valence-corrected chi connectivity index (χ1v) is 11.8. The van der Waals surface area contributed by atoms with E-state index in [0.29, 0.717) is 18.0 Å². The molecule has 1 N–H and O–H groups in total. The molecule has 0 bridgehead atoms. The quantitative estimate of drug-likeness (QED) is 0.539. The SMILES string of the molecule is CO/N=C(/c1ccc2cc(OC)ccc2c1)C1CCCN(C2CCC(NC(C)=O)CC2)C1. The zero-order valence-electron chi connectivity index (χ0n) is 19.5. The molecule has 2 aliphatic rings. The van der Waals surface area contributed by atoms with Crippen LogP contribution >= 0.6 is 0 Å². The van der Waals surface area contributed by atoms with Crippen LogP contribution in [0.15, 0.2) is 41.6 Å². The van der Waals surface area contributed by atoms with Crippen LogP contribution in [0.1, 0.15) is 51.0 Å². The predicted octanol–water partition coefficient (Wildman–Crippen LogP) is 4.36.